The van der Waals surface area contributed by atoms with Crippen molar-refractivity contribution in [3.05, 3.63) is 41.1 Å². The van der Waals surface area contributed by atoms with Crippen LogP contribution in [-0.2, 0) is 26.0 Å². The molecule has 1 unspecified atom stereocenters. The van der Waals surface area contributed by atoms with Gasteiger partial charge in [0.05, 0.1) is 24.0 Å². The molecule has 0 aliphatic carbocycles. The molecule has 1 atom stereocenters. The molecule has 0 aromatic heterocycles. The summed E-state index contributed by atoms with van der Waals surface area (Å²) in [6.07, 6.45) is -3.33. The Balaban J connectivity index is 1.69. The molecule has 0 spiro atoms. The van der Waals surface area contributed by atoms with Crippen LogP contribution in [-0.4, -0.2) is 87.5 Å². The second-order valence-corrected chi connectivity index (χ2v) is 9.59. The summed E-state index contributed by atoms with van der Waals surface area (Å²) in [4.78, 5) is 18.9. The zero-order chi connectivity index (χ0) is 23.7. The summed E-state index contributed by atoms with van der Waals surface area (Å²) in [6, 6.07) is 4.63. The quantitative estimate of drug-likeness (QED) is 0.605. The number of sulfonamides is 1. The molecule has 176 valence electrons. The largest absolute Gasteiger partial charge is 0.469 e. The van der Waals surface area contributed by atoms with Crippen LogP contribution < -0.4 is 0 Å². The van der Waals surface area contributed by atoms with E-state index in [1.807, 2.05) is 4.90 Å². The van der Waals surface area contributed by atoms with E-state index in [4.69, 9.17) is 0 Å². The molecule has 0 radical (unpaired) electrons. The summed E-state index contributed by atoms with van der Waals surface area (Å²) in [5.41, 5.74) is 0.519. The van der Waals surface area contributed by atoms with Crippen LogP contribution in [0.2, 0.25) is 0 Å². The molecule has 2 aliphatic heterocycles. The van der Waals surface area contributed by atoms with E-state index in [1.54, 1.807) is 13.0 Å². The third-order valence-electron chi connectivity index (χ3n) is 5.50. The topological polar surface area (TPSA) is 82.5 Å². The van der Waals surface area contributed by atoms with E-state index in [2.05, 4.69) is 9.73 Å². The standard InChI is InChI=1S/C20H25F3N4O4S/c1-14-4-5-17(10-15(14)11-18(28)31-3)32(29,30)27-8-6-26(7-9-27)19-24-12-16(13-25(19)2)20(21,22)23/h4-5,10,12-13,19H,6-9,11H2,1-3H3. The van der Waals surface area contributed by atoms with Crippen LogP contribution in [0, 0.1) is 6.92 Å². The Morgan fingerprint density at radius 1 is 1.22 bits per heavy atom. The van der Waals surface area contributed by atoms with Crippen molar-refractivity contribution in [2.24, 2.45) is 4.99 Å². The number of allylic oxidation sites excluding steroid dienone is 1. The predicted molar refractivity (Wildman–Crippen MR) is 111 cm³/mol. The highest BCUT2D eigenvalue weighted by Gasteiger charge is 2.37. The zero-order valence-electron chi connectivity index (χ0n) is 18.0. The van der Waals surface area contributed by atoms with E-state index in [1.165, 1.54) is 35.5 Å². The highest BCUT2D eigenvalue weighted by molar-refractivity contribution is 7.89. The lowest BCUT2D eigenvalue weighted by atomic mass is 10.1. The van der Waals surface area contributed by atoms with Crippen molar-refractivity contribution in [1.29, 1.82) is 0 Å². The average Bonchev–Trinajstić information content (AvgIpc) is 2.74. The summed E-state index contributed by atoms with van der Waals surface area (Å²) >= 11 is 0. The number of aryl methyl sites for hydroxylation is 1. The van der Waals surface area contributed by atoms with E-state index in [9.17, 15) is 26.4 Å². The molecule has 1 aromatic carbocycles. The third kappa shape index (κ3) is 5.13. The minimum absolute atomic E-state index is 0.0288. The molecule has 0 amide bonds. The van der Waals surface area contributed by atoms with Gasteiger partial charge in [0, 0.05) is 45.6 Å². The summed E-state index contributed by atoms with van der Waals surface area (Å²) in [5.74, 6) is -0.462. The Morgan fingerprint density at radius 2 is 1.88 bits per heavy atom. The number of hydrogen-bond acceptors (Lipinski definition) is 7. The fraction of sp³-hybridized carbons (Fsp3) is 0.500. The van der Waals surface area contributed by atoms with Crippen molar-refractivity contribution in [2.75, 3.05) is 40.3 Å². The maximum Gasteiger partial charge on any atom is 0.419 e. The van der Waals surface area contributed by atoms with Gasteiger partial charge in [-0.1, -0.05) is 6.07 Å². The lowest BCUT2D eigenvalue weighted by molar-refractivity contribution is -0.139. The number of carbonyl (C=O) groups excluding carboxylic acids is 1. The zero-order valence-corrected chi connectivity index (χ0v) is 18.8. The first-order valence-corrected chi connectivity index (χ1v) is 11.3. The van der Waals surface area contributed by atoms with Crippen LogP contribution in [0.5, 0.6) is 0 Å². The van der Waals surface area contributed by atoms with Gasteiger partial charge in [-0.05, 0) is 30.2 Å². The van der Waals surface area contributed by atoms with E-state index < -0.39 is 34.0 Å². The number of aliphatic imine (C=N–C) groups is 1. The normalized spacial score (nSPS) is 20.9. The summed E-state index contributed by atoms with van der Waals surface area (Å²) < 4.78 is 70.9. The Hall–Kier alpha value is -2.44. The van der Waals surface area contributed by atoms with Crippen molar-refractivity contribution in [1.82, 2.24) is 14.1 Å². The Bertz CT molecular complexity index is 1030. The maximum atomic E-state index is 13.1. The Kier molecular flexibility index (Phi) is 6.96. The van der Waals surface area contributed by atoms with Crippen LogP contribution in [0.15, 0.2) is 39.9 Å². The molecule has 1 aromatic rings. The van der Waals surface area contributed by atoms with Gasteiger partial charge >= 0.3 is 12.1 Å². The van der Waals surface area contributed by atoms with Crippen LogP contribution in [0.1, 0.15) is 11.1 Å². The number of methoxy groups -OCH3 is 1. The monoisotopic (exact) mass is 474 g/mol. The molecule has 0 saturated carbocycles. The molecule has 1 fully saturated rings. The van der Waals surface area contributed by atoms with Gasteiger partial charge in [0.2, 0.25) is 10.0 Å². The van der Waals surface area contributed by atoms with Crippen LogP contribution in [0.4, 0.5) is 13.2 Å². The summed E-state index contributed by atoms with van der Waals surface area (Å²) in [5, 5.41) is 0. The molecule has 12 heteroatoms. The van der Waals surface area contributed by atoms with Crippen molar-refractivity contribution >= 4 is 22.2 Å². The predicted octanol–water partition coefficient (Wildman–Crippen LogP) is 1.76. The molecular weight excluding hydrogens is 449 g/mol. The lowest BCUT2D eigenvalue weighted by Crippen LogP contribution is -2.55. The molecule has 2 heterocycles. The van der Waals surface area contributed by atoms with Crippen molar-refractivity contribution in [3.63, 3.8) is 0 Å². The van der Waals surface area contributed by atoms with Gasteiger partial charge in [-0.25, -0.2) is 8.42 Å². The Labute approximate surface area is 185 Å². The van der Waals surface area contributed by atoms with Crippen LogP contribution >= 0.6 is 0 Å². The van der Waals surface area contributed by atoms with E-state index in [0.29, 0.717) is 18.7 Å². The number of piperazine rings is 1. The van der Waals surface area contributed by atoms with E-state index >= 15 is 0 Å². The average molecular weight is 475 g/mol. The number of halogens is 3. The SMILES string of the molecule is COC(=O)Cc1cc(S(=O)(=O)N2CCN(C3N=CC(C(F)(F)F)=CN3C)CC2)ccc1C. The smallest absolute Gasteiger partial charge is 0.419 e. The van der Waals surface area contributed by atoms with E-state index in [-0.39, 0.29) is 24.4 Å². The second kappa shape index (κ2) is 9.20. The number of rotatable bonds is 5. The highest BCUT2D eigenvalue weighted by Crippen LogP contribution is 2.28. The Morgan fingerprint density at radius 3 is 2.44 bits per heavy atom. The maximum absolute atomic E-state index is 13.1. The molecule has 8 nitrogen and oxygen atoms in total. The van der Waals surface area contributed by atoms with E-state index in [0.717, 1.165) is 18.0 Å². The van der Waals surface area contributed by atoms with Crippen molar-refractivity contribution in [3.8, 4) is 0 Å². The minimum Gasteiger partial charge on any atom is -0.469 e. The first-order valence-electron chi connectivity index (χ1n) is 9.88. The summed E-state index contributed by atoms with van der Waals surface area (Å²) in [6.45, 7) is 2.73. The fourth-order valence-electron chi connectivity index (χ4n) is 3.62. The van der Waals surface area contributed by atoms with Gasteiger partial charge in [0.25, 0.3) is 0 Å². The van der Waals surface area contributed by atoms with Crippen molar-refractivity contribution < 1.29 is 31.1 Å². The first kappa shape index (κ1) is 24.2. The first-order chi connectivity index (χ1) is 14.9. The number of nitrogens with zero attached hydrogens (tertiary/aromatic N) is 4. The van der Waals surface area contributed by atoms with Gasteiger partial charge < -0.3 is 9.64 Å². The third-order valence-corrected chi connectivity index (χ3v) is 7.40. The van der Waals surface area contributed by atoms with Crippen molar-refractivity contribution in [2.45, 2.75) is 30.7 Å². The van der Waals surface area contributed by atoms with Gasteiger partial charge in [-0.2, -0.15) is 17.5 Å². The fourth-order valence-corrected chi connectivity index (χ4v) is 5.09. The number of benzene rings is 1. The molecular formula is C20H25F3N4O4S. The van der Waals surface area contributed by atoms with Gasteiger partial charge in [0.15, 0.2) is 6.29 Å². The molecule has 0 N–H and O–H groups in total. The van der Waals surface area contributed by atoms with Crippen LogP contribution in [0.25, 0.3) is 0 Å². The molecule has 3 rings (SSSR count). The lowest BCUT2D eigenvalue weighted by Gasteiger charge is -2.41. The highest BCUT2D eigenvalue weighted by atomic mass is 32.2. The number of carbonyl (C=O) groups is 1. The van der Waals surface area contributed by atoms with Gasteiger partial charge in [0.1, 0.15) is 0 Å². The second-order valence-electron chi connectivity index (χ2n) is 7.65. The number of alkyl halides is 3. The number of esters is 1. The number of hydrogen-bond donors (Lipinski definition) is 0. The van der Waals surface area contributed by atoms with Gasteiger partial charge in [-0.15, -0.1) is 0 Å². The molecule has 1 saturated heterocycles. The molecule has 0 bridgehead atoms. The molecule has 32 heavy (non-hydrogen) atoms. The molecule has 2 aliphatic rings. The van der Waals surface area contributed by atoms with Crippen LogP contribution in [0.3, 0.4) is 0 Å². The number of ether oxygens (including phenoxy) is 1. The summed E-state index contributed by atoms with van der Waals surface area (Å²) in [7, 11) is -1.02. The van der Waals surface area contributed by atoms with Gasteiger partial charge in [-0.3, -0.25) is 14.7 Å². The minimum atomic E-state index is -4.48.